The first-order valence-corrected chi connectivity index (χ1v) is 11.2. The summed E-state index contributed by atoms with van der Waals surface area (Å²) in [5, 5.41) is 0.435. The van der Waals surface area contributed by atoms with Gasteiger partial charge in [0, 0.05) is 24.1 Å². The summed E-state index contributed by atoms with van der Waals surface area (Å²) in [6.45, 7) is 0.104. The fraction of sp³-hybridized carbons (Fsp3) is 0.154. The van der Waals surface area contributed by atoms with Crippen LogP contribution in [0.25, 0.3) is 0 Å². The van der Waals surface area contributed by atoms with Gasteiger partial charge in [-0.05, 0) is 42.5 Å². The summed E-state index contributed by atoms with van der Waals surface area (Å²) in [4.78, 5) is 53.6. The molecule has 0 spiro atoms. The Balaban J connectivity index is 1.33. The molecule has 9 heteroatoms. The first kappa shape index (κ1) is 22.6. The lowest BCUT2D eigenvalue weighted by atomic mass is 10.1. The predicted octanol–water partition coefficient (Wildman–Crippen LogP) is 4.11. The molecule has 176 valence electrons. The summed E-state index contributed by atoms with van der Waals surface area (Å²) in [6, 6.07) is 17.7. The van der Waals surface area contributed by atoms with Crippen LogP contribution in [0, 0.1) is 5.92 Å². The van der Waals surface area contributed by atoms with Crippen LogP contribution in [0.1, 0.15) is 27.1 Å². The second-order valence-electron chi connectivity index (χ2n) is 8.13. The lowest BCUT2D eigenvalue weighted by Crippen LogP contribution is -2.29. The van der Waals surface area contributed by atoms with Gasteiger partial charge in [0.15, 0.2) is 0 Å². The highest BCUT2D eigenvalue weighted by Gasteiger charge is 2.39. The number of methoxy groups -OCH3 is 1. The molecular formula is C26H19ClN2O6. The van der Waals surface area contributed by atoms with Gasteiger partial charge in [0.1, 0.15) is 11.5 Å². The molecule has 3 aromatic rings. The van der Waals surface area contributed by atoms with E-state index >= 15 is 0 Å². The van der Waals surface area contributed by atoms with Gasteiger partial charge in [-0.3, -0.25) is 19.2 Å². The molecule has 0 N–H and O–H groups in total. The van der Waals surface area contributed by atoms with Gasteiger partial charge in [0.25, 0.3) is 11.8 Å². The zero-order valence-electron chi connectivity index (χ0n) is 18.6. The van der Waals surface area contributed by atoms with Crippen molar-refractivity contribution in [2.45, 2.75) is 6.42 Å². The Kier molecular flexibility index (Phi) is 5.74. The molecule has 2 heterocycles. The van der Waals surface area contributed by atoms with Crippen LogP contribution >= 0.6 is 11.6 Å². The highest BCUT2D eigenvalue weighted by Crippen LogP contribution is 2.36. The monoisotopic (exact) mass is 490 g/mol. The molecule has 1 atom stereocenters. The highest BCUT2D eigenvalue weighted by molar-refractivity contribution is 6.34. The molecule has 0 unspecified atom stereocenters. The highest BCUT2D eigenvalue weighted by atomic mass is 35.5. The number of esters is 1. The number of amides is 3. The van der Waals surface area contributed by atoms with Crippen molar-refractivity contribution in [2.24, 2.45) is 5.92 Å². The molecule has 5 rings (SSSR count). The summed E-state index contributed by atoms with van der Waals surface area (Å²) in [6.07, 6.45) is -0.0351. The van der Waals surface area contributed by atoms with E-state index in [9.17, 15) is 19.2 Å². The van der Waals surface area contributed by atoms with Crippen molar-refractivity contribution in [1.29, 1.82) is 0 Å². The number of fused-ring (bicyclic) bond motifs is 1. The third-order valence-corrected chi connectivity index (χ3v) is 6.21. The van der Waals surface area contributed by atoms with Crippen LogP contribution in [0.5, 0.6) is 11.5 Å². The average Bonchev–Trinajstić information content (AvgIpc) is 3.37. The number of hydrogen-bond donors (Lipinski definition) is 0. The van der Waals surface area contributed by atoms with Crippen molar-refractivity contribution in [3.63, 3.8) is 0 Å². The fourth-order valence-corrected chi connectivity index (χ4v) is 4.45. The molecule has 2 aliphatic rings. The molecule has 2 aliphatic heterocycles. The molecule has 0 saturated carbocycles. The van der Waals surface area contributed by atoms with E-state index < -0.39 is 23.7 Å². The molecule has 0 bridgehead atoms. The van der Waals surface area contributed by atoms with Crippen LogP contribution in [0.2, 0.25) is 5.02 Å². The number of benzene rings is 3. The Labute approximate surface area is 205 Å². The molecule has 0 aromatic heterocycles. The lowest BCUT2D eigenvalue weighted by molar-refractivity contribution is -0.139. The number of imide groups is 1. The standard InChI is InChI=1S/C26H19ClN2O6/c1-34-22-10-9-16(27)12-21(22)28-14-15(11-23(28)30)26(33)35-18-6-4-5-17(13-18)29-24(31)19-7-2-3-8-20(19)25(29)32/h2-10,12-13,15H,11,14H2,1H3/t15-/m1/s1. The van der Waals surface area contributed by atoms with Crippen molar-refractivity contribution in [3.8, 4) is 11.5 Å². The fourth-order valence-electron chi connectivity index (χ4n) is 4.28. The number of hydrogen-bond acceptors (Lipinski definition) is 6. The number of halogens is 1. The predicted molar refractivity (Wildman–Crippen MR) is 128 cm³/mol. The quantitative estimate of drug-likeness (QED) is 0.303. The molecule has 8 nitrogen and oxygen atoms in total. The van der Waals surface area contributed by atoms with Gasteiger partial charge in [0.05, 0.1) is 35.5 Å². The third-order valence-electron chi connectivity index (χ3n) is 5.98. The van der Waals surface area contributed by atoms with E-state index in [2.05, 4.69) is 0 Å². The van der Waals surface area contributed by atoms with Gasteiger partial charge in [-0.25, -0.2) is 4.90 Å². The van der Waals surface area contributed by atoms with Crippen LogP contribution in [0.15, 0.2) is 66.7 Å². The normalized spacial score (nSPS) is 17.1. The average molecular weight is 491 g/mol. The number of carbonyl (C=O) groups excluding carboxylic acids is 4. The third kappa shape index (κ3) is 4.02. The zero-order valence-corrected chi connectivity index (χ0v) is 19.3. The van der Waals surface area contributed by atoms with Crippen LogP contribution < -0.4 is 19.3 Å². The van der Waals surface area contributed by atoms with Crippen molar-refractivity contribution in [1.82, 2.24) is 0 Å². The lowest BCUT2D eigenvalue weighted by Gasteiger charge is -2.19. The summed E-state index contributed by atoms with van der Waals surface area (Å²) < 4.78 is 10.9. The Morgan fingerprint density at radius 2 is 1.66 bits per heavy atom. The van der Waals surface area contributed by atoms with Crippen molar-refractivity contribution in [3.05, 3.63) is 82.9 Å². The van der Waals surface area contributed by atoms with Crippen LogP contribution in [0.3, 0.4) is 0 Å². The maximum absolute atomic E-state index is 12.9. The van der Waals surface area contributed by atoms with Crippen molar-refractivity contribution in [2.75, 3.05) is 23.5 Å². The molecular weight excluding hydrogens is 472 g/mol. The van der Waals surface area contributed by atoms with Gasteiger partial charge < -0.3 is 14.4 Å². The largest absolute Gasteiger partial charge is 0.495 e. The number of rotatable bonds is 5. The second kappa shape index (κ2) is 8.88. The van der Waals surface area contributed by atoms with E-state index in [0.717, 1.165) is 4.90 Å². The molecule has 0 aliphatic carbocycles. The zero-order chi connectivity index (χ0) is 24.7. The maximum Gasteiger partial charge on any atom is 0.316 e. The van der Waals surface area contributed by atoms with E-state index in [1.54, 1.807) is 60.7 Å². The molecule has 1 saturated heterocycles. The molecule has 35 heavy (non-hydrogen) atoms. The van der Waals surface area contributed by atoms with Crippen molar-refractivity contribution < 1.29 is 28.7 Å². The Bertz CT molecular complexity index is 1350. The van der Waals surface area contributed by atoms with E-state index in [1.807, 2.05) is 0 Å². The van der Waals surface area contributed by atoms with Crippen molar-refractivity contribution >= 4 is 46.7 Å². The molecule has 1 fully saturated rings. The molecule has 3 amide bonds. The first-order chi connectivity index (χ1) is 16.9. The van der Waals surface area contributed by atoms with E-state index in [4.69, 9.17) is 21.1 Å². The summed E-state index contributed by atoms with van der Waals surface area (Å²) >= 11 is 6.09. The van der Waals surface area contributed by atoms with Gasteiger partial charge in [0.2, 0.25) is 5.91 Å². The minimum Gasteiger partial charge on any atom is -0.495 e. The van der Waals surface area contributed by atoms with Gasteiger partial charge >= 0.3 is 5.97 Å². The maximum atomic E-state index is 12.9. The van der Waals surface area contributed by atoms with Gasteiger partial charge in [-0.15, -0.1) is 0 Å². The first-order valence-electron chi connectivity index (χ1n) is 10.8. The number of nitrogens with zero attached hydrogens (tertiary/aromatic N) is 2. The van der Waals surface area contributed by atoms with E-state index in [1.165, 1.54) is 18.1 Å². The summed E-state index contributed by atoms with van der Waals surface area (Å²) in [5.41, 5.74) is 1.41. The van der Waals surface area contributed by atoms with Crippen LogP contribution in [0.4, 0.5) is 11.4 Å². The summed E-state index contributed by atoms with van der Waals surface area (Å²) in [5.74, 6) is -1.83. The number of anilines is 2. The van der Waals surface area contributed by atoms with Gasteiger partial charge in [-0.2, -0.15) is 0 Å². The van der Waals surface area contributed by atoms with Crippen LogP contribution in [-0.4, -0.2) is 37.3 Å². The minimum absolute atomic E-state index is 0.0351. The van der Waals surface area contributed by atoms with Crippen LogP contribution in [-0.2, 0) is 9.59 Å². The number of carbonyl (C=O) groups is 4. The second-order valence-corrected chi connectivity index (χ2v) is 8.57. The summed E-state index contributed by atoms with van der Waals surface area (Å²) in [7, 11) is 1.49. The topological polar surface area (TPSA) is 93.2 Å². The van der Waals surface area contributed by atoms with Gasteiger partial charge in [-0.1, -0.05) is 29.8 Å². The minimum atomic E-state index is -0.714. The van der Waals surface area contributed by atoms with E-state index in [-0.39, 0.29) is 30.3 Å². The smallest absolute Gasteiger partial charge is 0.316 e. The molecule has 3 aromatic carbocycles. The SMILES string of the molecule is COc1ccc(Cl)cc1N1C[C@H](C(=O)Oc2cccc(N3C(=O)c4ccccc4C3=O)c2)CC1=O. The number of ether oxygens (including phenoxy) is 2. The Hall–Kier alpha value is -4.17. The molecule has 0 radical (unpaired) electrons. The Morgan fingerprint density at radius 3 is 2.34 bits per heavy atom. The van der Waals surface area contributed by atoms with E-state index in [0.29, 0.717) is 27.6 Å². The Morgan fingerprint density at radius 1 is 0.943 bits per heavy atom.